The van der Waals surface area contributed by atoms with E-state index in [0.717, 1.165) is 36.8 Å². The predicted molar refractivity (Wildman–Crippen MR) is 134 cm³/mol. The molecule has 0 bridgehead atoms. The summed E-state index contributed by atoms with van der Waals surface area (Å²) in [5.74, 6) is 0.0471. The number of carbonyl (C=O) groups is 1. The molecule has 1 N–H and O–H groups in total. The highest BCUT2D eigenvalue weighted by Crippen LogP contribution is 2.35. The van der Waals surface area contributed by atoms with Crippen molar-refractivity contribution in [1.29, 1.82) is 0 Å². The topological polar surface area (TPSA) is 85.6 Å². The maximum atomic E-state index is 13.2. The summed E-state index contributed by atoms with van der Waals surface area (Å²) in [6.45, 7) is 5.83. The molecular formula is C28H31NO5S. The largest absolute Gasteiger partial charge is 0.469 e. The highest BCUT2D eigenvalue weighted by molar-refractivity contribution is 7.89. The zero-order chi connectivity index (χ0) is 24.8. The molecule has 0 unspecified atom stereocenters. The Kier molecular flexibility index (Phi) is 7.88. The van der Waals surface area contributed by atoms with E-state index in [-0.39, 0.29) is 28.9 Å². The van der Waals surface area contributed by atoms with Gasteiger partial charge in [0.15, 0.2) is 0 Å². The van der Waals surface area contributed by atoms with Crippen LogP contribution in [0.15, 0.2) is 94.5 Å². The van der Waals surface area contributed by atoms with Crippen molar-refractivity contribution in [2.45, 2.75) is 62.0 Å². The van der Waals surface area contributed by atoms with E-state index in [4.69, 9.17) is 9.15 Å². The van der Waals surface area contributed by atoms with Crippen molar-refractivity contribution in [2.24, 2.45) is 0 Å². The number of nitrogens with one attached hydrogen (secondary N) is 1. The third kappa shape index (κ3) is 6.29. The van der Waals surface area contributed by atoms with Gasteiger partial charge in [0.1, 0.15) is 11.9 Å². The van der Waals surface area contributed by atoms with E-state index < -0.39 is 22.0 Å². The number of rotatable bonds is 9. The fraction of sp³-hybridized carbons (Fsp3) is 0.321. The molecule has 7 heteroatoms. The van der Waals surface area contributed by atoms with Crippen molar-refractivity contribution < 1.29 is 22.4 Å². The van der Waals surface area contributed by atoms with Crippen LogP contribution in [0.5, 0.6) is 0 Å². The third-order valence-corrected chi connectivity index (χ3v) is 7.97. The van der Waals surface area contributed by atoms with Gasteiger partial charge in [-0.15, -0.1) is 0 Å². The lowest BCUT2D eigenvalue weighted by Crippen LogP contribution is -2.41. The number of sulfonamides is 1. The zero-order valence-electron chi connectivity index (χ0n) is 19.9. The molecule has 6 nitrogen and oxygen atoms in total. The zero-order valence-corrected chi connectivity index (χ0v) is 20.7. The molecule has 3 aromatic rings. The smallest absolute Gasteiger partial charge is 0.335 e. The summed E-state index contributed by atoms with van der Waals surface area (Å²) in [4.78, 5) is 13.4. The summed E-state index contributed by atoms with van der Waals surface area (Å²) in [6, 6.07) is 19.1. The van der Waals surface area contributed by atoms with Gasteiger partial charge in [-0.3, -0.25) is 0 Å². The van der Waals surface area contributed by atoms with Crippen LogP contribution in [-0.2, 0) is 26.0 Å². The first-order chi connectivity index (χ1) is 16.8. The Morgan fingerprint density at radius 2 is 1.77 bits per heavy atom. The molecule has 4 rings (SSSR count). The fourth-order valence-corrected chi connectivity index (χ4v) is 5.74. The standard InChI is InChI=1S/C28H31NO5S/c1-20-14-16-24(17-15-20)35(31,32)29-26(19-23-11-8-18-33-23)21(2)28(30)34-27-13-7-6-12-25(27)22-9-4-3-5-10-22/h3-5,8-11,14-18,25-27,29H,2,6-7,12-13,19H2,1H3/t25-,26-,27+/m0/s1. The highest BCUT2D eigenvalue weighted by Gasteiger charge is 2.33. The van der Waals surface area contributed by atoms with Crippen LogP contribution in [0.1, 0.15) is 48.5 Å². The number of furan rings is 1. The molecule has 1 aliphatic carbocycles. The van der Waals surface area contributed by atoms with Crippen LogP contribution in [0, 0.1) is 6.92 Å². The molecule has 0 spiro atoms. The van der Waals surface area contributed by atoms with Crippen LogP contribution in [0.4, 0.5) is 0 Å². The van der Waals surface area contributed by atoms with Crippen LogP contribution in [0.2, 0.25) is 0 Å². The van der Waals surface area contributed by atoms with Crippen LogP contribution in [0.3, 0.4) is 0 Å². The quantitative estimate of drug-likeness (QED) is 0.323. The predicted octanol–water partition coefficient (Wildman–Crippen LogP) is 5.30. The Morgan fingerprint density at radius 3 is 2.46 bits per heavy atom. The summed E-state index contributed by atoms with van der Waals surface area (Å²) in [5, 5.41) is 0. The van der Waals surface area contributed by atoms with E-state index in [1.807, 2.05) is 25.1 Å². The Balaban J connectivity index is 1.53. The summed E-state index contributed by atoms with van der Waals surface area (Å²) in [6.07, 6.45) is 5.11. The second-order valence-corrected chi connectivity index (χ2v) is 10.8. The average molecular weight is 494 g/mol. The van der Waals surface area contributed by atoms with Crippen LogP contribution >= 0.6 is 0 Å². The monoisotopic (exact) mass is 493 g/mol. The molecular weight excluding hydrogens is 462 g/mol. The first-order valence-corrected chi connectivity index (χ1v) is 13.4. The van der Waals surface area contributed by atoms with Crippen molar-refractivity contribution in [3.05, 3.63) is 102 Å². The molecule has 2 aromatic carbocycles. The highest BCUT2D eigenvalue weighted by atomic mass is 32.2. The van der Waals surface area contributed by atoms with E-state index in [0.29, 0.717) is 5.76 Å². The van der Waals surface area contributed by atoms with Crippen LogP contribution in [-0.4, -0.2) is 26.5 Å². The van der Waals surface area contributed by atoms with Gasteiger partial charge in [0.2, 0.25) is 10.0 Å². The lowest BCUT2D eigenvalue weighted by Gasteiger charge is -2.32. The van der Waals surface area contributed by atoms with Gasteiger partial charge in [0, 0.05) is 17.9 Å². The van der Waals surface area contributed by atoms with E-state index in [1.165, 1.54) is 18.4 Å². The SMILES string of the molecule is C=C(C(=O)O[C@@H]1CCCC[C@H]1c1ccccc1)[C@H](Cc1ccco1)NS(=O)(=O)c1ccc(C)cc1. The minimum atomic E-state index is -3.91. The molecule has 1 aromatic heterocycles. The van der Waals surface area contributed by atoms with Gasteiger partial charge in [-0.1, -0.05) is 61.0 Å². The minimum absolute atomic E-state index is 0.0504. The number of benzene rings is 2. The maximum absolute atomic E-state index is 13.2. The Hall–Kier alpha value is -3.16. The summed E-state index contributed by atoms with van der Waals surface area (Å²) in [7, 11) is -3.91. The lowest BCUT2D eigenvalue weighted by atomic mass is 9.81. The lowest BCUT2D eigenvalue weighted by molar-refractivity contribution is -0.147. The van der Waals surface area contributed by atoms with Gasteiger partial charge in [-0.2, -0.15) is 0 Å². The van der Waals surface area contributed by atoms with Crippen LogP contribution < -0.4 is 4.72 Å². The average Bonchev–Trinajstić information content (AvgIpc) is 3.37. The molecule has 0 aliphatic heterocycles. The Morgan fingerprint density at radius 1 is 1.06 bits per heavy atom. The normalized spacial score (nSPS) is 19.1. The van der Waals surface area contributed by atoms with Crippen molar-refractivity contribution in [3.63, 3.8) is 0 Å². The van der Waals surface area contributed by atoms with E-state index in [9.17, 15) is 13.2 Å². The van der Waals surface area contributed by atoms with Gasteiger partial charge < -0.3 is 9.15 Å². The summed E-state index contributed by atoms with van der Waals surface area (Å²) < 4.78 is 40.2. The Labute approximate surface area is 207 Å². The molecule has 1 aliphatic rings. The molecule has 184 valence electrons. The number of aryl methyl sites for hydroxylation is 1. The number of esters is 1. The van der Waals surface area contributed by atoms with Gasteiger partial charge in [-0.05, 0) is 56.0 Å². The summed E-state index contributed by atoms with van der Waals surface area (Å²) >= 11 is 0. The van der Waals surface area contributed by atoms with E-state index >= 15 is 0 Å². The molecule has 3 atom stereocenters. The van der Waals surface area contributed by atoms with Gasteiger partial charge in [0.25, 0.3) is 0 Å². The molecule has 0 amide bonds. The molecule has 1 heterocycles. The molecule has 0 radical (unpaired) electrons. The summed E-state index contributed by atoms with van der Waals surface area (Å²) in [5.41, 5.74) is 2.14. The Bertz CT molecular complexity index is 1230. The van der Waals surface area contributed by atoms with E-state index in [1.54, 1.807) is 24.3 Å². The minimum Gasteiger partial charge on any atom is -0.469 e. The maximum Gasteiger partial charge on any atom is 0.335 e. The third-order valence-electron chi connectivity index (χ3n) is 6.49. The number of carbonyl (C=O) groups excluding carboxylic acids is 1. The first kappa shape index (κ1) is 24.9. The molecule has 0 saturated heterocycles. The van der Waals surface area contributed by atoms with Crippen molar-refractivity contribution >= 4 is 16.0 Å². The van der Waals surface area contributed by atoms with Crippen molar-refractivity contribution in [1.82, 2.24) is 4.72 Å². The van der Waals surface area contributed by atoms with Crippen molar-refractivity contribution in [2.75, 3.05) is 0 Å². The number of hydrogen-bond acceptors (Lipinski definition) is 5. The molecule has 1 saturated carbocycles. The molecule has 1 fully saturated rings. The van der Waals surface area contributed by atoms with Crippen molar-refractivity contribution in [3.8, 4) is 0 Å². The fourth-order valence-electron chi connectivity index (χ4n) is 4.51. The van der Waals surface area contributed by atoms with Gasteiger partial charge in [-0.25, -0.2) is 17.9 Å². The number of hydrogen-bond donors (Lipinski definition) is 1. The van der Waals surface area contributed by atoms with Crippen LogP contribution in [0.25, 0.3) is 0 Å². The van der Waals surface area contributed by atoms with Gasteiger partial charge in [0.05, 0.1) is 17.2 Å². The number of ether oxygens (including phenoxy) is 1. The second-order valence-electron chi connectivity index (χ2n) is 9.04. The van der Waals surface area contributed by atoms with E-state index in [2.05, 4.69) is 23.4 Å². The first-order valence-electron chi connectivity index (χ1n) is 11.9. The molecule has 35 heavy (non-hydrogen) atoms. The van der Waals surface area contributed by atoms with Gasteiger partial charge >= 0.3 is 5.97 Å². The second kappa shape index (κ2) is 11.1.